The van der Waals surface area contributed by atoms with Crippen molar-refractivity contribution in [2.45, 2.75) is 33.3 Å². The molecule has 0 rings (SSSR count). The first-order valence-corrected chi connectivity index (χ1v) is 6.88. The SMILES string of the molecule is CCN(CC)CCCN(CC)C(=O)C(CN)OC. The number of carbonyl (C=O) groups excluding carboxylic acids is 1. The number of hydrogen-bond donors (Lipinski definition) is 1. The van der Waals surface area contributed by atoms with Crippen LogP contribution in [0.5, 0.6) is 0 Å². The Morgan fingerprint density at radius 2 is 1.78 bits per heavy atom. The summed E-state index contributed by atoms with van der Waals surface area (Å²) in [7, 11) is 1.53. The van der Waals surface area contributed by atoms with Gasteiger partial charge in [0.05, 0.1) is 0 Å². The lowest BCUT2D eigenvalue weighted by Crippen LogP contribution is -2.44. The first kappa shape index (κ1) is 17.4. The quantitative estimate of drug-likeness (QED) is 0.622. The van der Waals surface area contributed by atoms with E-state index in [1.54, 1.807) is 0 Å². The van der Waals surface area contributed by atoms with E-state index in [-0.39, 0.29) is 12.5 Å². The van der Waals surface area contributed by atoms with Gasteiger partial charge in [-0.3, -0.25) is 4.79 Å². The molecule has 1 amide bonds. The molecule has 0 fully saturated rings. The molecule has 0 saturated carbocycles. The molecule has 0 radical (unpaired) electrons. The Morgan fingerprint density at radius 1 is 1.17 bits per heavy atom. The Labute approximate surface area is 111 Å². The van der Waals surface area contributed by atoms with Crippen molar-refractivity contribution >= 4 is 5.91 Å². The van der Waals surface area contributed by atoms with Crippen LogP contribution in [-0.4, -0.2) is 68.2 Å². The Kier molecular flexibility index (Phi) is 9.92. The van der Waals surface area contributed by atoms with Crippen LogP contribution in [0.3, 0.4) is 0 Å². The maximum atomic E-state index is 12.1. The average Bonchev–Trinajstić information content (AvgIpc) is 2.40. The number of amides is 1. The fraction of sp³-hybridized carbons (Fsp3) is 0.923. The molecular weight excluding hydrogens is 230 g/mol. The van der Waals surface area contributed by atoms with Crippen LogP contribution in [0, 0.1) is 0 Å². The third-order valence-corrected chi connectivity index (χ3v) is 3.26. The average molecular weight is 259 g/mol. The molecule has 0 aromatic rings. The molecule has 0 aliphatic carbocycles. The van der Waals surface area contributed by atoms with Gasteiger partial charge in [0.2, 0.25) is 0 Å². The van der Waals surface area contributed by atoms with Crippen LogP contribution in [0.15, 0.2) is 0 Å². The van der Waals surface area contributed by atoms with Gasteiger partial charge in [0.15, 0.2) is 0 Å². The Hall–Kier alpha value is -0.650. The summed E-state index contributed by atoms with van der Waals surface area (Å²) in [5.41, 5.74) is 5.52. The van der Waals surface area contributed by atoms with E-state index < -0.39 is 6.10 Å². The van der Waals surface area contributed by atoms with Gasteiger partial charge in [0, 0.05) is 26.7 Å². The summed E-state index contributed by atoms with van der Waals surface area (Å²) < 4.78 is 5.09. The molecule has 0 spiro atoms. The van der Waals surface area contributed by atoms with Gasteiger partial charge in [0.25, 0.3) is 5.91 Å². The van der Waals surface area contributed by atoms with Crippen LogP contribution in [0.2, 0.25) is 0 Å². The number of methoxy groups -OCH3 is 1. The molecule has 5 heteroatoms. The van der Waals surface area contributed by atoms with Crippen LogP contribution >= 0.6 is 0 Å². The van der Waals surface area contributed by atoms with Gasteiger partial charge in [0.1, 0.15) is 6.10 Å². The second kappa shape index (κ2) is 10.3. The Bertz CT molecular complexity index is 216. The molecule has 0 aromatic carbocycles. The smallest absolute Gasteiger partial charge is 0.252 e. The highest BCUT2D eigenvalue weighted by atomic mass is 16.5. The van der Waals surface area contributed by atoms with Crippen molar-refractivity contribution in [2.75, 3.05) is 46.4 Å². The second-order valence-corrected chi connectivity index (χ2v) is 4.26. The maximum Gasteiger partial charge on any atom is 0.252 e. The summed E-state index contributed by atoms with van der Waals surface area (Å²) in [4.78, 5) is 16.2. The van der Waals surface area contributed by atoms with Crippen LogP contribution in [0.4, 0.5) is 0 Å². The molecule has 0 bridgehead atoms. The molecule has 108 valence electrons. The van der Waals surface area contributed by atoms with Crippen LogP contribution in [-0.2, 0) is 9.53 Å². The highest BCUT2D eigenvalue weighted by molar-refractivity contribution is 5.81. The van der Waals surface area contributed by atoms with Crippen molar-refractivity contribution in [3.63, 3.8) is 0 Å². The first-order chi connectivity index (χ1) is 8.64. The van der Waals surface area contributed by atoms with Gasteiger partial charge in [-0.1, -0.05) is 13.8 Å². The number of hydrogen-bond acceptors (Lipinski definition) is 4. The van der Waals surface area contributed by atoms with Gasteiger partial charge < -0.3 is 20.3 Å². The fourth-order valence-corrected chi connectivity index (χ4v) is 1.95. The zero-order valence-electron chi connectivity index (χ0n) is 12.3. The van der Waals surface area contributed by atoms with Gasteiger partial charge >= 0.3 is 0 Å². The highest BCUT2D eigenvalue weighted by Gasteiger charge is 2.21. The maximum absolute atomic E-state index is 12.1. The third-order valence-electron chi connectivity index (χ3n) is 3.26. The van der Waals surface area contributed by atoms with Gasteiger partial charge in [-0.05, 0) is 33.0 Å². The van der Waals surface area contributed by atoms with Crippen molar-refractivity contribution in [3.8, 4) is 0 Å². The van der Waals surface area contributed by atoms with Crippen LogP contribution < -0.4 is 5.73 Å². The van der Waals surface area contributed by atoms with E-state index in [9.17, 15) is 4.79 Å². The lowest BCUT2D eigenvalue weighted by Gasteiger charge is -2.26. The number of carbonyl (C=O) groups is 1. The fourth-order valence-electron chi connectivity index (χ4n) is 1.95. The number of nitrogens with zero attached hydrogens (tertiary/aromatic N) is 2. The minimum Gasteiger partial charge on any atom is -0.370 e. The normalized spacial score (nSPS) is 12.8. The van der Waals surface area contributed by atoms with Crippen LogP contribution in [0.1, 0.15) is 27.2 Å². The summed E-state index contributed by atoms with van der Waals surface area (Å²) in [5.74, 6) is 0.00190. The molecule has 2 N–H and O–H groups in total. The minimum atomic E-state index is -0.501. The summed E-state index contributed by atoms with van der Waals surface area (Å²) in [6, 6.07) is 0. The second-order valence-electron chi connectivity index (χ2n) is 4.26. The van der Waals surface area contributed by atoms with Crippen LogP contribution in [0.25, 0.3) is 0 Å². The summed E-state index contributed by atoms with van der Waals surface area (Å²) in [6.07, 6.45) is 0.487. The minimum absolute atomic E-state index is 0.00190. The molecule has 0 saturated heterocycles. The number of ether oxygens (including phenoxy) is 1. The standard InChI is InChI=1S/C13H29N3O2/c1-5-15(6-2)9-8-10-16(7-3)13(17)12(11-14)18-4/h12H,5-11,14H2,1-4H3. The summed E-state index contributed by atoms with van der Waals surface area (Å²) >= 11 is 0. The monoisotopic (exact) mass is 259 g/mol. The number of rotatable bonds is 10. The van der Waals surface area contributed by atoms with E-state index in [1.807, 2.05) is 11.8 Å². The number of likely N-dealkylation sites (N-methyl/N-ethyl adjacent to an activating group) is 1. The molecule has 1 atom stereocenters. The summed E-state index contributed by atoms with van der Waals surface area (Å²) in [5, 5.41) is 0. The Morgan fingerprint density at radius 3 is 2.17 bits per heavy atom. The molecular formula is C13H29N3O2. The molecule has 0 aliphatic rings. The van der Waals surface area contributed by atoms with Crippen molar-refractivity contribution in [3.05, 3.63) is 0 Å². The zero-order valence-corrected chi connectivity index (χ0v) is 12.3. The van der Waals surface area contributed by atoms with Gasteiger partial charge in [-0.2, -0.15) is 0 Å². The predicted molar refractivity (Wildman–Crippen MR) is 74.5 cm³/mol. The van der Waals surface area contributed by atoms with E-state index in [4.69, 9.17) is 10.5 Å². The van der Waals surface area contributed by atoms with Crippen molar-refractivity contribution in [1.82, 2.24) is 9.80 Å². The molecule has 0 aliphatic heterocycles. The van der Waals surface area contributed by atoms with E-state index >= 15 is 0 Å². The van der Waals surface area contributed by atoms with E-state index in [0.717, 1.165) is 32.6 Å². The van der Waals surface area contributed by atoms with Crippen molar-refractivity contribution in [1.29, 1.82) is 0 Å². The summed E-state index contributed by atoms with van der Waals surface area (Å²) in [6.45, 7) is 11.1. The van der Waals surface area contributed by atoms with Gasteiger partial charge in [-0.15, -0.1) is 0 Å². The van der Waals surface area contributed by atoms with E-state index in [0.29, 0.717) is 6.54 Å². The largest absolute Gasteiger partial charge is 0.370 e. The molecule has 18 heavy (non-hydrogen) atoms. The molecule has 5 nitrogen and oxygen atoms in total. The molecule has 0 aromatic heterocycles. The lowest BCUT2D eigenvalue weighted by molar-refractivity contribution is -0.141. The first-order valence-electron chi connectivity index (χ1n) is 6.88. The van der Waals surface area contributed by atoms with Gasteiger partial charge in [-0.25, -0.2) is 0 Å². The topological polar surface area (TPSA) is 58.8 Å². The van der Waals surface area contributed by atoms with E-state index in [1.165, 1.54) is 7.11 Å². The predicted octanol–water partition coefficient (Wildman–Crippen LogP) is 0.541. The highest BCUT2D eigenvalue weighted by Crippen LogP contribution is 2.01. The lowest BCUT2D eigenvalue weighted by atomic mass is 10.2. The zero-order chi connectivity index (χ0) is 14.0. The molecule has 0 heterocycles. The van der Waals surface area contributed by atoms with E-state index in [2.05, 4.69) is 18.7 Å². The molecule has 1 unspecified atom stereocenters. The third kappa shape index (κ3) is 5.80. The number of nitrogens with two attached hydrogens (primary N) is 1. The Balaban J connectivity index is 4.14. The van der Waals surface area contributed by atoms with Crippen molar-refractivity contribution < 1.29 is 9.53 Å². The van der Waals surface area contributed by atoms with Crippen molar-refractivity contribution in [2.24, 2.45) is 5.73 Å².